The van der Waals surface area contributed by atoms with E-state index in [0.29, 0.717) is 12.1 Å². The maximum absolute atomic E-state index is 13.2. The molecule has 1 aliphatic carbocycles. The predicted octanol–water partition coefficient (Wildman–Crippen LogP) is 2.39. The van der Waals surface area contributed by atoms with Crippen molar-refractivity contribution in [1.82, 2.24) is 5.32 Å². The maximum atomic E-state index is 13.2. The Morgan fingerprint density at radius 2 is 2.05 bits per heavy atom. The second-order valence-electron chi connectivity index (χ2n) is 5.03. The molecule has 1 fully saturated rings. The number of rotatable bonds is 6. The van der Waals surface area contributed by atoms with Crippen molar-refractivity contribution in [2.75, 3.05) is 25.1 Å². The third-order valence-electron chi connectivity index (χ3n) is 3.39. The Morgan fingerprint density at radius 3 is 2.55 bits per heavy atom. The Bertz CT molecular complexity index is 458. The van der Waals surface area contributed by atoms with Crippen LogP contribution in [0.1, 0.15) is 24.0 Å². The van der Waals surface area contributed by atoms with E-state index in [1.807, 2.05) is 0 Å². The molecule has 0 heterocycles. The van der Waals surface area contributed by atoms with Gasteiger partial charge in [0, 0.05) is 24.8 Å². The van der Waals surface area contributed by atoms with Crippen LogP contribution in [0.15, 0.2) is 18.2 Å². The lowest BCUT2D eigenvalue weighted by atomic mass is 10.1. The van der Waals surface area contributed by atoms with Crippen LogP contribution in [-0.2, 0) is 12.7 Å². The van der Waals surface area contributed by atoms with Gasteiger partial charge in [0.1, 0.15) is 0 Å². The van der Waals surface area contributed by atoms with Crippen molar-refractivity contribution in [2.24, 2.45) is 0 Å². The lowest BCUT2D eigenvalue weighted by Gasteiger charge is -2.27. The largest absolute Gasteiger partial charge is 0.418 e. The van der Waals surface area contributed by atoms with Gasteiger partial charge >= 0.3 is 6.18 Å². The molecule has 0 spiro atoms. The lowest BCUT2D eigenvalue weighted by molar-refractivity contribution is -0.137. The van der Waals surface area contributed by atoms with Crippen molar-refractivity contribution < 1.29 is 18.3 Å². The number of anilines is 1. The highest BCUT2D eigenvalue weighted by atomic mass is 19.4. The van der Waals surface area contributed by atoms with Gasteiger partial charge in [0.2, 0.25) is 0 Å². The molecule has 0 radical (unpaired) electrons. The molecule has 20 heavy (non-hydrogen) atoms. The van der Waals surface area contributed by atoms with Crippen LogP contribution in [0.5, 0.6) is 0 Å². The second-order valence-corrected chi connectivity index (χ2v) is 5.03. The van der Waals surface area contributed by atoms with Gasteiger partial charge in [0.25, 0.3) is 0 Å². The van der Waals surface area contributed by atoms with Crippen LogP contribution < -0.4 is 10.2 Å². The molecule has 3 nitrogen and oxygen atoms in total. The number of aliphatic hydroxyl groups excluding tert-OH is 1. The summed E-state index contributed by atoms with van der Waals surface area (Å²) in [5.74, 6) is 0. The van der Waals surface area contributed by atoms with Gasteiger partial charge in [-0.2, -0.15) is 13.2 Å². The third kappa shape index (κ3) is 3.43. The van der Waals surface area contributed by atoms with Crippen LogP contribution in [0, 0.1) is 0 Å². The molecule has 2 rings (SSSR count). The summed E-state index contributed by atoms with van der Waals surface area (Å²) >= 11 is 0. The van der Waals surface area contributed by atoms with Crippen molar-refractivity contribution in [1.29, 1.82) is 0 Å². The topological polar surface area (TPSA) is 35.5 Å². The van der Waals surface area contributed by atoms with Gasteiger partial charge in [-0.05, 0) is 37.6 Å². The van der Waals surface area contributed by atoms with E-state index in [9.17, 15) is 13.2 Å². The first kappa shape index (κ1) is 15.1. The summed E-state index contributed by atoms with van der Waals surface area (Å²) in [4.78, 5) is 1.67. The second kappa shape index (κ2) is 6.01. The highest BCUT2D eigenvalue weighted by Gasteiger charge is 2.38. The SMILES string of the molecule is CNCc1ccc(N(CCO)C2CC2)c(C(F)(F)F)c1. The molecule has 0 unspecified atom stereocenters. The quantitative estimate of drug-likeness (QED) is 0.843. The van der Waals surface area contributed by atoms with E-state index in [2.05, 4.69) is 5.32 Å². The van der Waals surface area contributed by atoms with Gasteiger partial charge in [0.05, 0.1) is 12.2 Å². The Morgan fingerprint density at radius 1 is 1.35 bits per heavy atom. The van der Waals surface area contributed by atoms with Crippen molar-refractivity contribution in [3.63, 3.8) is 0 Å². The minimum absolute atomic E-state index is 0.124. The molecule has 0 saturated heterocycles. The van der Waals surface area contributed by atoms with Crippen molar-refractivity contribution in [2.45, 2.75) is 31.6 Å². The molecular weight excluding hydrogens is 269 g/mol. The number of halogens is 3. The van der Waals surface area contributed by atoms with Crippen LogP contribution in [0.2, 0.25) is 0 Å². The molecule has 1 aromatic rings. The first-order valence-corrected chi connectivity index (χ1v) is 6.69. The Hall–Kier alpha value is -1.27. The zero-order valence-corrected chi connectivity index (χ0v) is 11.4. The van der Waals surface area contributed by atoms with Gasteiger partial charge < -0.3 is 15.3 Å². The van der Waals surface area contributed by atoms with Crippen molar-refractivity contribution >= 4 is 5.69 Å². The van der Waals surface area contributed by atoms with Gasteiger partial charge in [-0.3, -0.25) is 0 Å². The van der Waals surface area contributed by atoms with Crippen molar-refractivity contribution in [3.05, 3.63) is 29.3 Å². The summed E-state index contributed by atoms with van der Waals surface area (Å²) < 4.78 is 39.7. The molecule has 0 atom stereocenters. The summed E-state index contributed by atoms with van der Waals surface area (Å²) in [6.07, 6.45) is -2.62. The monoisotopic (exact) mass is 288 g/mol. The van der Waals surface area contributed by atoms with E-state index >= 15 is 0 Å². The molecule has 0 aromatic heterocycles. The first-order valence-electron chi connectivity index (χ1n) is 6.69. The lowest BCUT2D eigenvalue weighted by Crippen LogP contribution is -2.31. The number of nitrogens with zero attached hydrogens (tertiary/aromatic N) is 1. The normalized spacial score (nSPS) is 15.4. The van der Waals surface area contributed by atoms with Crippen LogP contribution in [0.25, 0.3) is 0 Å². The molecule has 0 bridgehead atoms. The Balaban J connectivity index is 2.39. The Labute approximate surface area is 116 Å². The fraction of sp³-hybridized carbons (Fsp3) is 0.571. The molecule has 112 valence electrons. The van der Waals surface area contributed by atoms with E-state index < -0.39 is 11.7 Å². The molecule has 1 aliphatic rings. The van der Waals surface area contributed by atoms with E-state index in [4.69, 9.17) is 5.11 Å². The number of benzene rings is 1. The first-order chi connectivity index (χ1) is 9.47. The van der Waals surface area contributed by atoms with E-state index in [-0.39, 0.29) is 24.9 Å². The molecule has 0 aliphatic heterocycles. The molecule has 1 aromatic carbocycles. The van der Waals surface area contributed by atoms with E-state index in [1.54, 1.807) is 18.0 Å². The molecular formula is C14H19F3N2O. The standard InChI is InChI=1S/C14H19F3N2O/c1-18-9-10-2-5-13(12(8-10)14(15,16)17)19(6-7-20)11-3-4-11/h2,5,8,11,18,20H,3-4,6-7,9H2,1H3. The summed E-state index contributed by atoms with van der Waals surface area (Å²) in [5, 5.41) is 11.9. The number of alkyl halides is 3. The summed E-state index contributed by atoms with van der Waals surface area (Å²) in [6.45, 7) is 0.484. The zero-order valence-electron chi connectivity index (χ0n) is 11.4. The predicted molar refractivity (Wildman–Crippen MR) is 71.7 cm³/mol. The molecule has 2 N–H and O–H groups in total. The molecule has 6 heteroatoms. The molecule has 0 amide bonds. The summed E-state index contributed by atoms with van der Waals surface area (Å²) in [6, 6.07) is 4.54. The minimum Gasteiger partial charge on any atom is -0.395 e. The van der Waals surface area contributed by atoms with Crippen LogP contribution in [-0.4, -0.2) is 31.3 Å². The van der Waals surface area contributed by atoms with Gasteiger partial charge in [-0.1, -0.05) is 6.07 Å². The summed E-state index contributed by atoms with van der Waals surface area (Å²) in [5.41, 5.74) is 0.155. The van der Waals surface area contributed by atoms with E-state index in [0.717, 1.165) is 12.8 Å². The highest BCUT2D eigenvalue weighted by molar-refractivity contribution is 5.58. The van der Waals surface area contributed by atoms with Crippen LogP contribution in [0.3, 0.4) is 0 Å². The molecule has 1 saturated carbocycles. The Kier molecular flexibility index (Phi) is 4.55. The van der Waals surface area contributed by atoms with Crippen LogP contribution >= 0.6 is 0 Å². The third-order valence-corrected chi connectivity index (χ3v) is 3.39. The fourth-order valence-electron chi connectivity index (χ4n) is 2.37. The average molecular weight is 288 g/mol. The smallest absolute Gasteiger partial charge is 0.395 e. The number of hydrogen-bond acceptors (Lipinski definition) is 3. The minimum atomic E-state index is -4.39. The number of hydrogen-bond donors (Lipinski definition) is 2. The highest BCUT2D eigenvalue weighted by Crippen LogP contribution is 2.41. The average Bonchev–Trinajstić information content (AvgIpc) is 3.20. The maximum Gasteiger partial charge on any atom is 0.418 e. The van der Waals surface area contributed by atoms with Gasteiger partial charge in [-0.15, -0.1) is 0 Å². The van der Waals surface area contributed by atoms with E-state index in [1.165, 1.54) is 12.1 Å². The summed E-state index contributed by atoms with van der Waals surface area (Å²) in [7, 11) is 1.70. The van der Waals surface area contributed by atoms with Gasteiger partial charge in [-0.25, -0.2) is 0 Å². The zero-order chi connectivity index (χ0) is 14.8. The number of nitrogens with one attached hydrogen (secondary N) is 1. The van der Waals surface area contributed by atoms with Gasteiger partial charge in [0.15, 0.2) is 0 Å². The number of aliphatic hydroxyl groups is 1. The van der Waals surface area contributed by atoms with Crippen LogP contribution in [0.4, 0.5) is 18.9 Å². The van der Waals surface area contributed by atoms with Crippen molar-refractivity contribution in [3.8, 4) is 0 Å². The fourth-order valence-corrected chi connectivity index (χ4v) is 2.37.